The van der Waals surface area contributed by atoms with Gasteiger partial charge in [0.15, 0.2) is 11.9 Å². The van der Waals surface area contributed by atoms with Gasteiger partial charge in [0.05, 0.1) is 0 Å². The zero-order chi connectivity index (χ0) is 16.8. The Labute approximate surface area is 131 Å². The molecule has 0 bridgehead atoms. The minimum atomic E-state index is -0.674. The van der Waals surface area contributed by atoms with Crippen LogP contribution in [0, 0.1) is 0 Å². The molecule has 0 saturated heterocycles. The second-order valence-corrected chi connectivity index (χ2v) is 4.83. The van der Waals surface area contributed by atoms with Gasteiger partial charge in [0.25, 0.3) is 0 Å². The number of aliphatic imine (C=N–C) groups is 3. The lowest BCUT2D eigenvalue weighted by Gasteiger charge is -2.08. The maximum absolute atomic E-state index is 5.56. The predicted molar refractivity (Wildman–Crippen MR) is 91.8 cm³/mol. The number of hydrogen-bond acceptors (Lipinski definition) is 4. The Morgan fingerprint density at radius 1 is 0.773 bits per heavy atom. The zero-order valence-corrected chi connectivity index (χ0v) is 13.0. The van der Waals surface area contributed by atoms with E-state index in [1.807, 2.05) is 0 Å². The lowest BCUT2D eigenvalue weighted by molar-refractivity contribution is 0.600. The predicted octanol–water partition coefficient (Wildman–Crippen LogP) is -1.98. The van der Waals surface area contributed by atoms with Gasteiger partial charge in [-0.1, -0.05) is 25.7 Å². The summed E-state index contributed by atoms with van der Waals surface area (Å²) in [6.45, 7) is 1.30. The monoisotopic (exact) mass is 314 g/mol. The van der Waals surface area contributed by atoms with Gasteiger partial charge >= 0.3 is 0 Å². The molecule has 0 atom stereocenters. The molecule has 0 amide bonds. The van der Waals surface area contributed by atoms with Crippen LogP contribution in [0.4, 0.5) is 0 Å². The molecule has 0 aromatic rings. The van der Waals surface area contributed by atoms with Crippen LogP contribution in [-0.2, 0) is 0 Å². The highest BCUT2D eigenvalue weighted by molar-refractivity contribution is 5.92. The van der Waals surface area contributed by atoms with E-state index in [9.17, 15) is 0 Å². The van der Waals surface area contributed by atoms with E-state index in [2.05, 4.69) is 20.3 Å². The van der Waals surface area contributed by atoms with Crippen LogP contribution in [0.5, 0.6) is 0 Å². The molecule has 128 valence electrons. The second kappa shape index (κ2) is 12.7. The first kappa shape index (κ1) is 19.9. The van der Waals surface area contributed by atoms with Crippen molar-refractivity contribution in [3.63, 3.8) is 0 Å². The van der Waals surface area contributed by atoms with Crippen LogP contribution in [0.15, 0.2) is 15.0 Å². The summed E-state index contributed by atoms with van der Waals surface area (Å²) in [5, 5.41) is 2.62. The fourth-order valence-corrected chi connectivity index (χ4v) is 1.71. The smallest absolute Gasteiger partial charge is 0.218 e. The average molecular weight is 314 g/mol. The lowest BCUT2D eigenvalue weighted by atomic mass is 10.1. The Balaban J connectivity index is 3.46. The highest BCUT2D eigenvalue weighted by Crippen LogP contribution is 2.05. The van der Waals surface area contributed by atoms with Gasteiger partial charge in [-0.05, 0) is 12.8 Å². The summed E-state index contributed by atoms with van der Waals surface area (Å²) in [4.78, 5) is 11.8. The van der Waals surface area contributed by atoms with Gasteiger partial charge in [0.1, 0.15) is 6.29 Å². The Bertz CT molecular complexity index is 370. The van der Waals surface area contributed by atoms with Crippen molar-refractivity contribution in [1.82, 2.24) is 5.32 Å². The third-order valence-corrected chi connectivity index (χ3v) is 2.68. The van der Waals surface area contributed by atoms with Crippen LogP contribution in [0.2, 0.25) is 0 Å². The zero-order valence-electron chi connectivity index (χ0n) is 13.0. The van der Waals surface area contributed by atoms with E-state index < -0.39 is 6.29 Å². The average Bonchev–Trinajstić information content (AvgIpc) is 2.39. The molecular formula is C12H30N10. The fraction of sp³-hybridized carbons (Fsp3) is 0.750. The molecule has 0 saturated carbocycles. The van der Waals surface area contributed by atoms with Crippen LogP contribution >= 0.6 is 0 Å². The number of nitrogens with one attached hydrogen (secondary N) is 1. The maximum Gasteiger partial charge on any atom is 0.218 e. The van der Waals surface area contributed by atoms with Gasteiger partial charge in [-0.15, -0.1) is 0 Å². The Morgan fingerprint density at radius 3 is 1.77 bits per heavy atom. The number of hydrogen-bond donors (Lipinski definition) is 7. The van der Waals surface area contributed by atoms with E-state index in [0.717, 1.165) is 38.5 Å². The van der Waals surface area contributed by atoms with Gasteiger partial charge in [-0.3, -0.25) is 21.5 Å². The first-order valence-electron chi connectivity index (χ1n) is 7.39. The molecule has 0 unspecified atom stereocenters. The second-order valence-electron chi connectivity index (χ2n) is 4.83. The van der Waals surface area contributed by atoms with E-state index in [1.54, 1.807) is 0 Å². The van der Waals surface area contributed by atoms with Crippen LogP contribution < -0.4 is 39.7 Å². The van der Waals surface area contributed by atoms with Crippen molar-refractivity contribution in [2.75, 3.05) is 13.1 Å². The summed E-state index contributed by atoms with van der Waals surface area (Å²) in [5.74, 6) is 0.334. The molecule has 10 nitrogen and oxygen atoms in total. The van der Waals surface area contributed by atoms with Gasteiger partial charge in [0, 0.05) is 13.1 Å². The first-order valence-corrected chi connectivity index (χ1v) is 7.39. The topological polar surface area (TPSA) is 205 Å². The molecule has 0 aromatic carbocycles. The molecule has 0 spiro atoms. The molecule has 0 heterocycles. The van der Waals surface area contributed by atoms with Crippen molar-refractivity contribution in [2.24, 2.45) is 49.4 Å². The summed E-state index contributed by atoms with van der Waals surface area (Å²) >= 11 is 0. The van der Waals surface area contributed by atoms with E-state index in [4.69, 9.17) is 34.4 Å². The molecule has 0 aliphatic carbocycles. The van der Waals surface area contributed by atoms with Crippen LogP contribution in [0.25, 0.3) is 0 Å². The molecule has 22 heavy (non-hydrogen) atoms. The Kier molecular flexibility index (Phi) is 11.5. The van der Waals surface area contributed by atoms with Crippen LogP contribution in [0.1, 0.15) is 38.5 Å². The Hall–Kier alpha value is -2.07. The van der Waals surface area contributed by atoms with Gasteiger partial charge < -0.3 is 28.3 Å². The Morgan fingerprint density at radius 2 is 1.27 bits per heavy atom. The standard InChI is InChI=1S/C12H30N10/c13-9(14)21-11(17)19-7-5-3-1-2-4-6-8-20-12(18)22-10(15)16/h9H,1-8,13-14H2,(H3,17,19,21)(H6,15,16,18,20,22). The number of nitrogens with two attached hydrogens (primary N) is 6. The molecule has 0 fully saturated rings. The van der Waals surface area contributed by atoms with E-state index in [0.29, 0.717) is 13.1 Å². The molecule has 13 N–H and O–H groups in total. The van der Waals surface area contributed by atoms with Crippen molar-refractivity contribution in [1.29, 1.82) is 0 Å². The third-order valence-electron chi connectivity index (χ3n) is 2.68. The minimum Gasteiger partial charge on any atom is -0.370 e. The summed E-state index contributed by atoms with van der Waals surface area (Å²) in [6.07, 6.45) is 5.75. The number of unbranched alkanes of at least 4 members (excludes halogenated alkanes) is 5. The fourth-order valence-electron chi connectivity index (χ4n) is 1.71. The molecule has 0 radical (unpaired) electrons. The van der Waals surface area contributed by atoms with Crippen LogP contribution in [-0.4, -0.2) is 37.3 Å². The molecular weight excluding hydrogens is 284 g/mol. The lowest BCUT2D eigenvalue weighted by Crippen LogP contribution is -2.51. The summed E-state index contributed by atoms with van der Waals surface area (Å²) in [5.41, 5.74) is 32.0. The third kappa shape index (κ3) is 14.3. The van der Waals surface area contributed by atoms with Gasteiger partial charge in [-0.2, -0.15) is 4.99 Å². The molecule has 0 aliphatic heterocycles. The van der Waals surface area contributed by atoms with Crippen molar-refractivity contribution in [3.05, 3.63) is 0 Å². The first-order chi connectivity index (χ1) is 10.4. The van der Waals surface area contributed by atoms with Gasteiger partial charge in [-0.25, -0.2) is 0 Å². The highest BCUT2D eigenvalue weighted by atomic mass is 15.2. The van der Waals surface area contributed by atoms with Crippen molar-refractivity contribution in [3.8, 4) is 0 Å². The maximum atomic E-state index is 5.56. The molecule has 0 rings (SSSR count). The van der Waals surface area contributed by atoms with Crippen molar-refractivity contribution >= 4 is 17.9 Å². The quantitative estimate of drug-likeness (QED) is 0.104. The SMILES string of the molecule is NC(N)=NC(N)=NCCCCCCCCN=C(N)NC(N)N. The number of guanidine groups is 3. The summed E-state index contributed by atoms with van der Waals surface area (Å²) in [6, 6.07) is 0. The van der Waals surface area contributed by atoms with E-state index in [1.165, 1.54) is 0 Å². The summed E-state index contributed by atoms with van der Waals surface area (Å²) < 4.78 is 0. The minimum absolute atomic E-state index is 0.0757. The van der Waals surface area contributed by atoms with Crippen molar-refractivity contribution in [2.45, 2.75) is 44.8 Å². The van der Waals surface area contributed by atoms with Crippen LogP contribution in [0.3, 0.4) is 0 Å². The number of nitrogens with zero attached hydrogens (tertiary/aromatic N) is 3. The summed E-state index contributed by atoms with van der Waals surface area (Å²) in [7, 11) is 0. The van der Waals surface area contributed by atoms with E-state index >= 15 is 0 Å². The molecule has 0 aliphatic rings. The van der Waals surface area contributed by atoms with Gasteiger partial charge in [0.2, 0.25) is 5.96 Å². The molecule has 10 heteroatoms. The van der Waals surface area contributed by atoms with E-state index in [-0.39, 0.29) is 17.9 Å². The van der Waals surface area contributed by atoms with Crippen molar-refractivity contribution < 1.29 is 0 Å². The largest absolute Gasteiger partial charge is 0.370 e. The normalized spacial score (nSPS) is 12.5. The molecule has 0 aromatic heterocycles. The number of rotatable bonds is 10. The highest BCUT2D eigenvalue weighted by Gasteiger charge is 1.95.